The molecule has 2 rings (SSSR count). The van der Waals surface area contributed by atoms with E-state index in [1.807, 2.05) is 46.8 Å². The molecule has 0 saturated carbocycles. The Hall–Kier alpha value is -1.89. The quantitative estimate of drug-likeness (QED) is 0.471. The Balaban J connectivity index is 2.55. The fourth-order valence-corrected chi connectivity index (χ4v) is 4.74. The lowest BCUT2D eigenvalue weighted by Crippen LogP contribution is -2.54. The smallest absolute Gasteiger partial charge is 0.310 e. The third-order valence-corrected chi connectivity index (χ3v) is 6.09. The van der Waals surface area contributed by atoms with Gasteiger partial charge in [-0.05, 0) is 39.0 Å². The van der Waals surface area contributed by atoms with E-state index in [-0.39, 0.29) is 48.9 Å². The van der Waals surface area contributed by atoms with Crippen LogP contribution in [0.4, 0.5) is 0 Å². The van der Waals surface area contributed by atoms with Crippen molar-refractivity contribution in [1.82, 2.24) is 10.2 Å². The number of hydrogen-bond acceptors (Lipinski definition) is 5. The SMILES string of the molecule is CCOC(=O)[C@H]1[C@@H]2C(=O)N([C@@H](CO)C(C)C)[C@H](C(=O)NC(C)C)[C@H]2C=C[C@H]1CC. The van der Waals surface area contributed by atoms with Crippen molar-refractivity contribution in [2.24, 2.45) is 29.6 Å². The fourth-order valence-electron chi connectivity index (χ4n) is 4.74. The number of amides is 2. The molecule has 0 bridgehead atoms. The van der Waals surface area contributed by atoms with Crippen LogP contribution in [0.15, 0.2) is 12.2 Å². The molecule has 1 aliphatic carbocycles. The van der Waals surface area contributed by atoms with Crippen molar-refractivity contribution < 1.29 is 24.2 Å². The van der Waals surface area contributed by atoms with Crippen LogP contribution in [0.5, 0.6) is 0 Å². The van der Waals surface area contributed by atoms with Crippen LogP contribution in [0.25, 0.3) is 0 Å². The first-order chi connectivity index (χ1) is 13.7. The molecule has 2 amide bonds. The highest BCUT2D eigenvalue weighted by Gasteiger charge is 2.59. The summed E-state index contributed by atoms with van der Waals surface area (Å²) in [5.74, 6) is -2.72. The number of nitrogens with one attached hydrogen (secondary N) is 1. The number of aliphatic hydroxyl groups is 1. The highest BCUT2D eigenvalue weighted by molar-refractivity contribution is 5.96. The van der Waals surface area contributed by atoms with Gasteiger partial charge < -0.3 is 20.1 Å². The van der Waals surface area contributed by atoms with Gasteiger partial charge in [0, 0.05) is 12.0 Å². The number of carbonyl (C=O) groups is 3. The number of esters is 1. The van der Waals surface area contributed by atoms with E-state index in [2.05, 4.69) is 5.32 Å². The van der Waals surface area contributed by atoms with Crippen LogP contribution >= 0.6 is 0 Å². The zero-order chi connectivity index (χ0) is 21.9. The van der Waals surface area contributed by atoms with E-state index >= 15 is 0 Å². The minimum Gasteiger partial charge on any atom is -0.466 e. The van der Waals surface area contributed by atoms with E-state index in [9.17, 15) is 19.5 Å². The van der Waals surface area contributed by atoms with Gasteiger partial charge in [0.2, 0.25) is 11.8 Å². The summed E-state index contributed by atoms with van der Waals surface area (Å²) in [5, 5.41) is 12.9. The molecule has 6 atom stereocenters. The van der Waals surface area contributed by atoms with Crippen molar-refractivity contribution in [2.75, 3.05) is 13.2 Å². The number of likely N-dealkylation sites (tertiary alicyclic amines) is 1. The number of fused-ring (bicyclic) bond motifs is 1. The maximum absolute atomic E-state index is 13.6. The van der Waals surface area contributed by atoms with Crippen LogP contribution in [-0.4, -0.2) is 59.1 Å². The van der Waals surface area contributed by atoms with Gasteiger partial charge in [-0.2, -0.15) is 0 Å². The molecule has 1 aliphatic heterocycles. The van der Waals surface area contributed by atoms with E-state index in [0.29, 0.717) is 6.42 Å². The molecule has 0 spiro atoms. The maximum atomic E-state index is 13.6. The Morgan fingerprint density at radius 2 is 1.86 bits per heavy atom. The highest BCUT2D eigenvalue weighted by atomic mass is 16.5. The Morgan fingerprint density at radius 3 is 2.34 bits per heavy atom. The average Bonchev–Trinajstić information content (AvgIpc) is 2.93. The number of ether oxygens (including phenoxy) is 1. The molecule has 7 heteroatoms. The monoisotopic (exact) mass is 408 g/mol. The number of aliphatic hydroxyl groups excluding tert-OH is 1. The Bertz CT molecular complexity index is 645. The number of rotatable bonds is 8. The van der Waals surface area contributed by atoms with Crippen LogP contribution in [0.1, 0.15) is 48.0 Å². The summed E-state index contributed by atoms with van der Waals surface area (Å²) < 4.78 is 5.31. The summed E-state index contributed by atoms with van der Waals surface area (Å²) in [6.45, 7) is 11.3. The molecular weight excluding hydrogens is 372 g/mol. The summed E-state index contributed by atoms with van der Waals surface area (Å²) in [6.07, 6.45) is 4.58. The normalized spacial score (nSPS) is 29.9. The van der Waals surface area contributed by atoms with E-state index in [1.165, 1.54) is 4.90 Å². The molecule has 1 fully saturated rings. The minimum atomic E-state index is -0.750. The second-order valence-electron chi connectivity index (χ2n) is 8.69. The van der Waals surface area contributed by atoms with Crippen molar-refractivity contribution in [3.8, 4) is 0 Å². The lowest BCUT2D eigenvalue weighted by Gasteiger charge is -2.35. The van der Waals surface area contributed by atoms with E-state index in [1.54, 1.807) is 6.92 Å². The predicted octanol–water partition coefficient (Wildman–Crippen LogP) is 1.75. The number of carbonyl (C=O) groups excluding carboxylic acids is 3. The zero-order valence-corrected chi connectivity index (χ0v) is 18.4. The lowest BCUT2D eigenvalue weighted by atomic mass is 9.69. The molecule has 2 N–H and O–H groups in total. The summed E-state index contributed by atoms with van der Waals surface area (Å²) in [7, 11) is 0. The van der Waals surface area contributed by atoms with Gasteiger partial charge in [0.25, 0.3) is 0 Å². The summed E-state index contributed by atoms with van der Waals surface area (Å²) >= 11 is 0. The summed E-state index contributed by atoms with van der Waals surface area (Å²) in [4.78, 5) is 41.1. The van der Waals surface area contributed by atoms with Crippen LogP contribution < -0.4 is 5.32 Å². The molecular formula is C22H36N2O5. The van der Waals surface area contributed by atoms with Crippen LogP contribution in [0.2, 0.25) is 0 Å². The first-order valence-corrected chi connectivity index (χ1v) is 10.8. The molecule has 0 unspecified atom stereocenters. The largest absolute Gasteiger partial charge is 0.466 e. The molecule has 0 aromatic rings. The van der Waals surface area contributed by atoms with Gasteiger partial charge in [0.05, 0.1) is 31.1 Å². The van der Waals surface area contributed by atoms with Crippen molar-refractivity contribution in [3.05, 3.63) is 12.2 Å². The van der Waals surface area contributed by atoms with E-state index < -0.39 is 29.8 Å². The van der Waals surface area contributed by atoms with Crippen molar-refractivity contribution in [3.63, 3.8) is 0 Å². The summed E-state index contributed by atoms with van der Waals surface area (Å²) in [5.41, 5.74) is 0. The zero-order valence-electron chi connectivity index (χ0n) is 18.4. The first kappa shape index (κ1) is 23.4. The third-order valence-electron chi connectivity index (χ3n) is 6.09. The second kappa shape index (κ2) is 9.74. The molecule has 0 aromatic heterocycles. The first-order valence-electron chi connectivity index (χ1n) is 10.8. The number of allylic oxidation sites excluding steroid dienone is 1. The number of nitrogens with zero attached hydrogens (tertiary/aromatic N) is 1. The standard InChI is InChI=1S/C22H36N2O5/c1-7-14-9-10-15-18(17(14)22(28)29-8-2)21(27)24(16(11-25)12(3)4)19(15)20(26)23-13(5)6/h9-10,12-19,25H,7-8,11H2,1-6H3,(H,23,26)/t14-,15+,16+,17-,18-,19+/m1/s1. The lowest BCUT2D eigenvalue weighted by molar-refractivity contribution is -0.156. The average molecular weight is 409 g/mol. The molecule has 2 aliphatic rings. The molecule has 7 nitrogen and oxygen atoms in total. The molecule has 0 radical (unpaired) electrons. The minimum absolute atomic E-state index is 0.0366. The van der Waals surface area contributed by atoms with Crippen LogP contribution in [-0.2, 0) is 19.1 Å². The van der Waals surface area contributed by atoms with Crippen molar-refractivity contribution in [2.45, 2.75) is 66.1 Å². The van der Waals surface area contributed by atoms with Crippen LogP contribution in [0, 0.1) is 29.6 Å². The molecule has 0 aromatic carbocycles. The molecule has 1 heterocycles. The Labute approximate surface area is 173 Å². The van der Waals surface area contributed by atoms with Crippen molar-refractivity contribution in [1.29, 1.82) is 0 Å². The van der Waals surface area contributed by atoms with Gasteiger partial charge >= 0.3 is 5.97 Å². The van der Waals surface area contributed by atoms with Gasteiger partial charge in [0.15, 0.2) is 0 Å². The van der Waals surface area contributed by atoms with Gasteiger partial charge in [0.1, 0.15) is 6.04 Å². The third kappa shape index (κ3) is 4.49. The Morgan fingerprint density at radius 1 is 1.21 bits per heavy atom. The van der Waals surface area contributed by atoms with E-state index in [4.69, 9.17) is 4.74 Å². The molecule has 164 valence electrons. The van der Waals surface area contributed by atoms with Gasteiger partial charge in [-0.25, -0.2) is 0 Å². The van der Waals surface area contributed by atoms with Crippen LogP contribution in [0.3, 0.4) is 0 Å². The summed E-state index contributed by atoms with van der Waals surface area (Å²) in [6, 6.07) is -1.32. The topological polar surface area (TPSA) is 95.9 Å². The molecule has 29 heavy (non-hydrogen) atoms. The fraction of sp³-hybridized carbons (Fsp3) is 0.773. The maximum Gasteiger partial charge on any atom is 0.310 e. The number of hydrogen-bond donors (Lipinski definition) is 2. The van der Waals surface area contributed by atoms with Gasteiger partial charge in [-0.1, -0.05) is 32.9 Å². The second-order valence-corrected chi connectivity index (χ2v) is 8.69. The highest BCUT2D eigenvalue weighted by Crippen LogP contribution is 2.46. The molecule has 1 saturated heterocycles. The Kier molecular flexibility index (Phi) is 7.86. The predicted molar refractivity (Wildman–Crippen MR) is 110 cm³/mol. The van der Waals surface area contributed by atoms with Crippen molar-refractivity contribution >= 4 is 17.8 Å². The van der Waals surface area contributed by atoms with Gasteiger partial charge in [-0.15, -0.1) is 0 Å². The van der Waals surface area contributed by atoms with Gasteiger partial charge in [-0.3, -0.25) is 14.4 Å². The van der Waals surface area contributed by atoms with E-state index in [0.717, 1.165) is 0 Å².